The Hall–Kier alpha value is -1.63. The standard InChI is InChI=1S/C20H26N4.HI/c1-20(2)10-12-24(15-20)19(21-3)23-14-16-7-6-8-17(13-16)18-9-4-5-11-22-18;/h4-9,11,13H,10,12,14-15H2,1-3H3,(H,21,23);1H. The van der Waals surface area contributed by atoms with E-state index >= 15 is 0 Å². The van der Waals surface area contributed by atoms with Crippen LogP contribution in [0.5, 0.6) is 0 Å². The maximum absolute atomic E-state index is 4.45. The van der Waals surface area contributed by atoms with Crippen LogP contribution in [0, 0.1) is 5.41 Å². The van der Waals surface area contributed by atoms with Crippen LogP contribution >= 0.6 is 24.0 Å². The monoisotopic (exact) mass is 450 g/mol. The number of hydrogen-bond donors (Lipinski definition) is 1. The van der Waals surface area contributed by atoms with Crippen molar-refractivity contribution in [1.82, 2.24) is 15.2 Å². The van der Waals surface area contributed by atoms with Crippen LogP contribution in [-0.4, -0.2) is 36.0 Å². The second-order valence-electron chi connectivity index (χ2n) is 7.15. The summed E-state index contributed by atoms with van der Waals surface area (Å²) >= 11 is 0. The van der Waals surface area contributed by atoms with Gasteiger partial charge in [0.1, 0.15) is 0 Å². The van der Waals surface area contributed by atoms with Crippen LogP contribution in [0.2, 0.25) is 0 Å². The molecular weight excluding hydrogens is 423 g/mol. The zero-order valence-electron chi connectivity index (χ0n) is 15.2. The Kier molecular flexibility index (Phi) is 6.81. The molecule has 1 aliphatic rings. The highest BCUT2D eigenvalue weighted by Crippen LogP contribution is 2.28. The van der Waals surface area contributed by atoms with Gasteiger partial charge in [-0.2, -0.15) is 0 Å². The summed E-state index contributed by atoms with van der Waals surface area (Å²) < 4.78 is 0. The predicted octanol–water partition coefficient (Wildman–Crippen LogP) is 4.17. The van der Waals surface area contributed by atoms with Gasteiger partial charge in [-0.25, -0.2) is 0 Å². The molecule has 25 heavy (non-hydrogen) atoms. The van der Waals surface area contributed by atoms with Gasteiger partial charge in [-0.05, 0) is 35.6 Å². The molecule has 1 aromatic heterocycles. The van der Waals surface area contributed by atoms with E-state index in [-0.39, 0.29) is 24.0 Å². The van der Waals surface area contributed by atoms with Crippen molar-refractivity contribution in [3.05, 3.63) is 54.2 Å². The third-order valence-electron chi connectivity index (χ3n) is 4.53. The minimum absolute atomic E-state index is 0. The van der Waals surface area contributed by atoms with E-state index in [0.29, 0.717) is 5.41 Å². The lowest BCUT2D eigenvalue weighted by Crippen LogP contribution is -2.40. The van der Waals surface area contributed by atoms with Crippen LogP contribution in [0.1, 0.15) is 25.8 Å². The van der Waals surface area contributed by atoms with E-state index < -0.39 is 0 Å². The lowest BCUT2D eigenvalue weighted by atomic mass is 9.93. The highest BCUT2D eigenvalue weighted by Gasteiger charge is 2.30. The lowest BCUT2D eigenvalue weighted by molar-refractivity contribution is 0.370. The van der Waals surface area contributed by atoms with Gasteiger partial charge in [0, 0.05) is 38.4 Å². The molecule has 5 heteroatoms. The van der Waals surface area contributed by atoms with E-state index in [0.717, 1.165) is 36.9 Å². The molecule has 1 saturated heterocycles. The Morgan fingerprint density at radius 3 is 2.72 bits per heavy atom. The second-order valence-corrected chi connectivity index (χ2v) is 7.15. The molecule has 0 amide bonds. The molecule has 0 atom stereocenters. The largest absolute Gasteiger partial charge is 0.352 e. The van der Waals surface area contributed by atoms with E-state index in [9.17, 15) is 0 Å². The molecule has 2 heterocycles. The van der Waals surface area contributed by atoms with Gasteiger partial charge < -0.3 is 10.2 Å². The average Bonchev–Trinajstić information content (AvgIpc) is 2.96. The molecule has 0 radical (unpaired) electrons. The quantitative estimate of drug-likeness (QED) is 0.434. The Morgan fingerprint density at radius 2 is 2.08 bits per heavy atom. The number of guanidine groups is 1. The van der Waals surface area contributed by atoms with Crippen molar-refractivity contribution >= 4 is 29.9 Å². The smallest absolute Gasteiger partial charge is 0.193 e. The zero-order valence-corrected chi connectivity index (χ0v) is 17.5. The molecule has 3 rings (SSSR count). The Morgan fingerprint density at radius 1 is 1.24 bits per heavy atom. The summed E-state index contributed by atoms with van der Waals surface area (Å²) in [6.45, 7) is 7.53. The highest BCUT2D eigenvalue weighted by atomic mass is 127. The number of nitrogens with zero attached hydrogens (tertiary/aromatic N) is 3. The van der Waals surface area contributed by atoms with Gasteiger partial charge in [-0.3, -0.25) is 9.98 Å². The van der Waals surface area contributed by atoms with Crippen LogP contribution in [0.4, 0.5) is 0 Å². The van der Waals surface area contributed by atoms with Crippen LogP contribution in [-0.2, 0) is 6.54 Å². The molecule has 1 aromatic carbocycles. The number of likely N-dealkylation sites (tertiary alicyclic amines) is 1. The summed E-state index contributed by atoms with van der Waals surface area (Å²) in [5.74, 6) is 0.990. The average molecular weight is 450 g/mol. The van der Waals surface area contributed by atoms with Gasteiger partial charge in [-0.1, -0.05) is 38.1 Å². The molecule has 1 N–H and O–H groups in total. The van der Waals surface area contributed by atoms with Crippen molar-refractivity contribution in [3.63, 3.8) is 0 Å². The minimum atomic E-state index is 0. The van der Waals surface area contributed by atoms with Crippen molar-refractivity contribution in [1.29, 1.82) is 0 Å². The van der Waals surface area contributed by atoms with Crippen molar-refractivity contribution in [2.75, 3.05) is 20.1 Å². The van der Waals surface area contributed by atoms with Gasteiger partial charge in [0.15, 0.2) is 5.96 Å². The molecule has 1 aliphatic heterocycles. The van der Waals surface area contributed by atoms with E-state index in [1.54, 1.807) is 0 Å². The van der Waals surface area contributed by atoms with Gasteiger partial charge >= 0.3 is 0 Å². The van der Waals surface area contributed by atoms with Crippen LogP contribution in [0.3, 0.4) is 0 Å². The fourth-order valence-corrected chi connectivity index (χ4v) is 3.18. The number of nitrogens with one attached hydrogen (secondary N) is 1. The number of rotatable bonds is 3. The van der Waals surface area contributed by atoms with E-state index in [1.165, 1.54) is 12.0 Å². The van der Waals surface area contributed by atoms with E-state index in [1.807, 2.05) is 31.4 Å². The summed E-state index contributed by atoms with van der Waals surface area (Å²) in [6.07, 6.45) is 3.04. The summed E-state index contributed by atoms with van der Waals surface area (Å²) in [5, 5.41) is 3.50. The molecule has 2 aromatic rings. The number of pyridine rings is 1. The number of benzene rings is 1. The molecule has 0 aliphatic carbocycles. The predicted molar refractivity (Wildman–Crippen MR) is 115 cm³/mol. The van der Waals surface area contributed by atoms with E-state index in [2.05, 4.69) is 58.3 Å². The number of aliphatic imine (C=N–C) groups is 1. The molecule has 0 unspecified atom stereocenters. The number of aromatic nitrogens is 1. The van der Waals surface area contributed by atoms with Crippen LogP contribution < -0.4 is 5.32 Å². The Balaban J connectivity index is 0.00000225. The first kappa shape index (κ1) is 19.7. The minimum Gasteiger partial charge on any atom is -0.352 e. The Labute approximate surface area is 167 Å². The van der Waals surface area contributed by atoms with E-state index in [4.69, 9.17) is 0 Å². The number of halogens is 1. The van der Waals surface area contributed by atoms with Crippen molar-refractivity contribution in [3.8, 4) is 11.3 Å². The van der Waals surface area contributed by atoms with Gasteiger partial charge in [0.2, 0.25) is 0 Å². The maximum atomic E-state index is 4.45. The Bertz CT molecular complexity index is 713. The highest BCUT2D eigenvalue weighted by molar-refractivity contribution is 14.0. The van der Waals surface area contributed by atoms with Crippen LogP contribution in [0.15, 0.2) is 53.7 Å². The van der Waals surface area contributed by atoms with Gasteiger partial charge in [0.05, 0.1) is 5.69 Å². The maximum Gasteiger partial charge on any atom is 0.193 e. The molecule has 134 valence electrons. The van der Waals surface area contributed by atoms with Crippen LogP contribution in [0.25, 0.3) is 11.3 Å². The first-order valence-corrected chi connectivity index (χ1v) is 8.53. The first-order valence-electron chi connectivity index (χ1n) is 8.53. The third-order valence-corrected chi connectivity index (χ3v) is 4.53. The molecule has 1 fully saturated rings. The van der Waals surface area contributed by atoms with Crippen molar-refractivity contribution in [2.24, 2.45) is 10.4 Å². The summed E-state index contributed by atoms with van der Waals surface area (Å²) in [4.78, 5) is 11.2. The third kappa shape index (κ3) is 5.17. The molecule has 4 nitrogen and oxygen atoms in total. The van der Waals surface area contributed by atoms with Crippen molar-refractivity contribution in [2.45, 2.75) is 26.8 Å². The zero-order chi connectivity index (χ0) is 17.0. The topological polar surface area (TPSA) is 40.5 Å². The summed E-state index contributed by atoms with van der Waals surface area (Å²) in [5.41, 5.74) is 3.76. The summed E-state index contributed by atoms with van der Waals surface area (Å²) in [7, 11) is 1.86. The normalized spacial score (nSPS) is 16.4. The molecular formula is C20H27IN4. The van der Waals surface area contributed by atoms with Gasteiger partial charge in [-0.15, -0.1) is 24.0 Å². The second kappa shape index (κ2) is 8.65. The molecule has 0 spiro atoms. The fourth-order valence-electron chi connectivity index (χ4n) is 3.18. The van der Waals surface area contributed by atoms with Crippen molar-refractivity contribution < 1.29 is 0 Å². The molecule has 0 bridgehead atoms. The lowest BCUT2D eigenvalue weighted by Gasteiger charge is -2.23. The first-order chi connectivity index (χ1) is 11.6. The number of hydrogen-bond acceptors (Lipinski definition) is 2. The molecule has 0 saturated carbocycles. The van der Waals surface area contributed by atoms with Gasteiger partial charge in [0.25, 0.3) is 0 Å². The SMILES string of the molecule is CN=C(NCc1cccc(-c2ccccn2)c1)N1CCC(C)(C)C1.I. The fraction of sp³-hybridized carbons (Fsp3) is 0.400. The summed E-state index contributed by atoms with van der Waals surface area (Å²) in [6, 6.07) is 14.5.